The highest BCUT2D eigenvalue weighted by molar-refractivity contribution is 6.29. The molecule has 54 heavy (non-hydrogen) atoms. The van der Waals surface area contributed by atoms with Gasteiger partial charge in [0, 0.05) is 38.0 Å². The molecule has 2 nitrogen and oxygen atoms in total. The monoisotopic (exact) mass is 685 g/mol. The Hall–Kier alpha value is -7.16. The molecular weight excluding hydrogens is 655 g/mol. The van der Waals surface area contributed by atoms with E-state index in [4.69, 9.17) is 4.42 Å². The molecule has 0 aliphatic carbocycles. The van der Waals surface area contributed by atoms with E-state index in [0.29, 0.717) is 0 Å². The lowest BCUT2D eigenvalue weighted by Crippen LogP contribution is -1.92. The van der Waals surface area contributed by atoms with Crippen LogP contribution in [0.5, 0.6) is 0 Å². The number of fused-ring (bicyclic) bond motifs is 12. The van der Waals surface area contributed by atoms with Gasteiger partial charge in [-0.1, -0.05) is 152 Å². The largest absolute Gasteiger partial charge is 0.455 e. The average Bonchev–Trinajstić information content (AvgIpc) is 3.81. The third-order valence-corrected chi connectivity index (χ3v) is 11.6. The number of hydrogen-bond acceptors (Lipinski definition) is 1. The molecule has 0 unspecified atom stereocenters. The van der Waals surface area contributed by atoms with E-state index >= 15 is 0 Å². The van der Waals surface area contributed by atoms with Crippen LogP contribution in [0.15, 0.2) is 186 Å². The van der Waals surface area contributed by atoms with Gasteiger partial charge in [0.15, 0.2) is 0 Å². The Morgan fingerprint density at radius 3 is 1.70 bits per heavy atom. The summed E-state index contributed by atoms with van der Waals surface area (Å²) in [6.07, 6.45) is 0. The van der Waals surface area contributed by atoms with Gasteiger partial charge >= 0.3 is 0 Å². The Morgan fingerprint density at radius 1 is 0.333 bits per heavy atom. The summed E-state index contributed by atoms with van der Waals surface area (Å²) < 4.78 is 6.54. The highest BCUT2D eigenvalue weighted by atomic mass is 16.3. The normalized spacial score (nSPS) is 12.1. The molecule has 2 aromatic heterocycles. The van der Waals surface area contributed by atoms with E-state index in [1.54, 1.807) is 0 Å². The SMILES string of the molecule is c1cc(-c2ccc3c(c2)[nH]c2ccc4oc5c6ccccc6ccc5c4c23)cc(-c2c3ccccc3c(-c3cccc4ccccc34)c3ccccc23)c1. The number of aromatic nitrogens is 1. The average molecular weight is 686 g/mol. The van der Waals surface area contributed by atoms with Crippen molar-refractivity contribution in [3.8, 4) is 33.4 Å². The smallest absolute Gasteiger partial charge is 0.143 e. The van der Waals surface area contributed by atoms with Crippen LogP contribution in [0.3, 0.4) is 0 Å². The molecule has 0 fully saturated rings. The van der Waals surface area contributed by atoms with Crippen molar-refractivity contribution in [2.24, 2.45) is 0 Å². The standard InChI is InChI=1S/C52H31NO/c1-3-16-36-31(11-1)13-10-22-38(36)49-41-20-7-5-18-39(41)48(40-19-6-8-21-42(40)49)35-15-9-14-33(29-35)34-24-25-43-46(30-34)53-45-27-28-47-51(50(43)45)44-26-23-32-12-2-4-17-37(32)52(44)54-47/h1-30,53H. The molecule has 12 aromatic rings. The maximum Gasteiger partial charge on any atom is 0.143 e. The van der Waals surface area contributed by atoms with Crippen molar-refractivity contribution in [3.05, 3.63) is 182 Å². The van der Waals surface area contributed by atoms with Gasteiger partial charge in [-0.2, -0.15) is 0 Å². The Kier molecular flexibility index (Phi) is 6.09. The van der Waals surface area contributed by atoms with Crippen molar-refractivity contribution in [3.63, 3.8) is 0 Å². The number of furan rings is 1. The molecule has 0 radical (unpaired) electrons. The van der Waals surface area contributed by atoms with Crippen molar-refractivity contribution in [1.82, 2.24) is 4.98 Å². The quantitative estimate of drug-likeness (QED) is 0.184. The van der Waals surface area contributed by atoms with Crippen molar-refractivity contribution in [1.29, 1.82) is 0 Å². The summed E-state index contributed by atoms with van der Waals surface area (Å²) in [6.45, 7) is 0. The first-order valence-corrected chi connectivity index (χ1v) is 18.6. The molecule has 0 aliphatic heterocycles. The molecule has 250 valence electrons. The minimum absolute atomic E-state index is 0.914. The maximum atomic E-state index is 6.54. The predicted octanol–water partition coefficient (Wildman–Crippen LogP) is 14.8. The highest BCUT2D eigenvalue weighted by Gasteiger charge is 2.19. The highest BCUT2D eigenvalue weighted by Crippen LogP contribution is 2.46. The van der Waals surface area contributed by atoms with Crippen molar-refractivity contribution >= 4 is 86.8 Å². The molecule has 12 rings (SSSR count). The third-order valence-electron chi connectivity index (χ3n) is 11.6. The van der Waals surface area contributed by atoms with E-state index in [1.807, 2.05) is 0 Å². The van der Waals surface area contributed by atoms with Crippen LogP contribution in [0.4, 0.5) is 0 Å². The van der Waals surface area contributed by atoms with Crippen LogP contribution in [-0.2, 0) is 0 Å². The molecule has 0 saturated carbocycles. The second kappa shape index (κ2) is 11.2. The lowest BCUT2D eigenvalue weighted by atomic mass is 9.84. The molecule has 1 N–H and O–H groups in total. The summed E-state index contributed by atoms with van der Waals surface area (Å²) in [5.74, 6) is 0. The summed E-state index contributed by atoms with van der Waals surface area (Å²) in [5, 5.41) is 14.6. The first-order valence-electron chi connectivity index (χ1n) is 18.6. The van der Waals surface area contributed by atoms with Crippen molar-refractivity contribution < 1.29 is 4.42 Å². The van der Waals surface area contributed by atoms with Gasteiger partial charge < -0.3 is 9.40 Å². The number of benzene rings is 10. The topological polar surface area (TPSA) is 28.9 Å². The van der Waals surface area contributed by atoms with Crippen LogP contribution >= 0.6 is 0 Å². The molecule has 0 spiro atoms. The van der Waals surface area contributed by atoms with Gasteiger partial charge in [0.1, 0.15) is 11.2 Å². The molecule has 0 amide bonds. The fraction of sp³-hybridized carbons (Fsp3) is 0. The Morgan fingerprint density at radius 2 is 0.926 bits per heavy atom. The second-order valence-electron chi connectivity index (χ2n) is 14.5. The lowest BCUT2D eigenvalue weighted by Gasteiger charge is -2.19. The van der Waals surface area contributed by atoms with Gasteiger partial charge in [0.25, 0.3) is 0 Å². The lowest BCUT2D eigenvalue weighted by molar-refractivity contribution is 0.673. The van der Waals surface area contributed by atoms with Gasteiger partial charge in [-0.05, 0) is 101 Å². The van der Waals surface area contributed by atoms with Gasteiger partial charge in [-0.15, -0.1) is 0 Å². The van der Waals surface area contributed by atoms with E-state index in [1.165, 1.54) is 87.2 Å². The fourth-order valence-electron chi connectivity index (χ4n) is 9.20. The molecule has 0 aliphatic rings. The summed E-state index contributed by atoms with van der Waals surface area (Å²) >= 11 is 0. The molecule has 0 bridgehead atoms. The zero-order chi connectivity index (χ0) is 35.3. The van der Waals surface area contributed by atoms with E-state index in [9.17, 15) is 0 Å². The van der Waals surface area contributed by atoms with E-state index in [-0.39, 0.29) is 0 Å². The molecule has 0 atom stereocenters. The van der Waals surface area contributed by atoms with Crippen molar-refractivity contribution in [2.75, 3.05) is 0 Å². The number of rotatable bonds is 3. The van der Waals surface area contributed by atoms with E-state index in [0.717, 1.165) is 33.0 Å². The van der Waals surface area contributed by atoms with Crippen LogP contribution in [-0.4, -0.2) is 4.98 Å². The number of hydrogen-bond donors (Lipinski definition) is 1. The number of nitrogens with one attached hydrogen (secondary N) is 1. The fourth-order valence-corrected chi connectivity index (χ4v) is 9.20. The third kappa shape index (κ3) is 4.17. The Labute approximate surface area is 310 Å². The predicted molar refractivity (Wildman–Crippen MR) is 229 cm³/mol. The molecular formula is C52H31NO. The zero-order valence-electron chi connectivity index (χ0n) is 29.2. The molecule has 2 heterocycles. The van der Waals surface area contributed by atoms with Crippen LogP contribution in [0.2, 0.25) is 0 Å². The van der Waals surface area contributed by atoms with Crippen LogP contribution < -0.4 is 0 Å². The van der Waals surface area contributed by atoms with Gasteiger partial charge in [-0.3, -0.25) is 0 Å². The minimum Gasteiger partial charge on any atom is -0.455 e. The number of aromatic amines is 1. The van der Waals surface area contributed by atoms with Gasteiger partial charge in [0.2, 0.25) is 0 Å². The summed E-state index contributed by atoms with van der Waals surface area (Å²) in [7, 11) is 0. The van der Waals surface area contributed by atoms with Crippen molar-refractivity contribution in [2.45, 2.75) is 0 Å². The Bertz CT molecular complexity index is 3450. The molecule has 10 aromatic carbocycles. The summed E-state index contributed by atoms with van der Waals surface area (Å²) in [4.78, 5) is 3.76. The second-order valence-corrected chi connectivity index (χ2v) is 14.5. The first kappa shape index (κ1) is 29.4. The van der Waals surface area contributed by atoms with Crippen LogP contribution in [0.1, 0.15) is 0 Å². The first-order chi connectivity index (χ1) is 26.8. The van der Waals surface area contributed by atoms with E-state index in [2.05, 4.69) is 187 Å². The zero-order valence-corrected chi connectivity index (χ0v) is 29.2. The summed E-state index contributed by atoms with van der Waals surface area (Å²) in [6, 6.07) is 66.3. The van der Waals surface area contributed by atoms with Gasteiger partial charge in [-0.25, -0.2) is 0 Å². The van der Waals surface area contributed by atoms with Gasteiger partial charge in [0.05, 0.1) is 0 Å². The summed E-state index contributed by atoms with van der Waals surface area (Å²) in [5.41, 5.74) is 11.5. The van der Waals surface area contributed by atoms with Crippen LogP contribution in [0, 0.1) is 0 Å². The molecule has 2 heteroatoms. The van der Waals surface area contributed by atoms with E-state index < -0.39 is 0 Å². The Balaban J connectivity index is 1.05. The molecule has 0 saturated heterocycles. The van der Waals surface area contributed by atoms with Crippen LogP contribution in [0.25, 0.3) is 120 Å². The number of H-pyrrole nitrogens is 1. The minimum atomic E-state index is 0.914. The maximum absolute atomic E-state index is 6.54.